The molecule has 0 aliphatic rings. The van der Waals surface area contributed by atoms with Gasteiger partial charge < -0.3 is 4.74 Å². The van der Waals surface area contributed by atoms with E-state index in [1.807, 2.05) is 19.1 Å². The van der Waals surface area contributed by atoms with Crippen LogP contribution >= 0.6 is 0 Å². The highest BCUT2D eigenvalue weighted by atomic mass is 19.1. The van der Waals surface area contributed by atoms with Gasteiger partial charge in [-0.05, 0) is 18.6 Å². The van der Waals surface area contributed by atoms with Crippen molar-refractivity contribution >= 4 is 5.97 Å². The zero-order valence-electron chi connectivity index (χ0n) is 7.42. The molecule has 2 nitrogen and oxygen atoms in total. The molecule has 13 heavy (non-hydrogen) atoms. The van der Waals surface area contributed by atoms with Crippen LogP contribution in [0.1, 0.15) is 15.9 Å². The Morgan fingerprint density at radius 3 is 2.77 bits per heavy atom. The lowest BCUT2D eigenvalue weighted by Crippen LogP contribution is -2.08. The summed E-state index contributed by atoms with van der Waals surface area (Å²) in [5.41, 5.74) is 1.34. The normalized spacial score (nSPS) is 9.69. The minimum atomic E-state index is -0.641. The van der Waals surface area contributed by atoms with Crippen LogP contribution in [-0.4, -0.2) is 19.3 Å². The second-order valence-electron chi connectivity index (χ2n) is 2.64. The summed E-state index contributed by atoms with van der Waals surface area (Å²) < 4.78 is 16.3. The smallest absolute Gasteiger partial charge is 0.338 e. The van der Waals surface area contributed by atoms with Crippen LogP contribution in [0, 0.1) is 6.92 Å². The van der Waals surface area contributed by atoms with E-state index in [2.05, 4.69) is 4.74 Å². The highest BCUT2D eigenvalue weighted by Gasteiger charge is 2.08. The first-order chi connectivity index (χ1) is 6.25. The zero-order chi connectivity index (χ0) is 9.68. The number of hydrogen-bond donors (Lipinski definition) is 0. The first kappa shape index (κ1) is 9.71. The fourth-order valence-corrected chi connectivity index (χ4v) is 1.01. The summed E-state index contributed by atoms with van der Waals surface area (Å²) in [5, 5.41) is 0. The molecule has 0 saturated carbocycles. The average molecular weight is 182 g/mol. The Balaban J connectivity index is 2.71. The number of halogens is 1. The van der Waals surface area contributed by atoms with Gasteiger partial charge in [0.2, 0.25) is 0 Å². The molecule has 70 valence electrons. The van der Waals surface area contributed by atoms with Gasteiger partial charge in [-0.3, -0.25) is 0 Å². The van der Waals surface area contributed by atoms with E-state index >= 15 is 0 Å². The van der Waals surface area contributed by atoms with Crippen LogP contribution in [0.25, 0.3) is 0 Å². The first-order valence-corrected chi connectivity index (χ1v) is 4.04. The summed E-state index contributed by atoms with van der Waals surface area (Å²) in [4.78, 5) is 11.2. The largest absolute Gasteiger partial charge is 0.459 e. The molecule has 1 aromatic carbocycles. The Morgan fingerprint density at radius 2 is 2.15 bits per heavy atom. The number of alkyl halides is 1. The third-order valence-electron chi connectivity index (χ3n) is 1.68. The van der Waals surface area contributed by atoms with E-state index in [-0.39, 0.29) is 6.61 Å². The zero-order valence-corrected chi connectivity index (χ0v) is 7.42. The average Bonchev–Trinajstić information content (AvgIpc) is 2.15. The van der Waals surface area contributed by atoms with Gasteiger partial charge in [0, 0.05) is 0 Å². The maximum atomic E-state index is 11.7. The van der Waals surface area contributed by atoms with Gasteiger partial charge in [0.15, 0.2) is 0 Å². The monoisotopic (exact) mass is 182 g/mol. The van der Waals surface area contributed by atoms with E-state index in [4.69, 9.17) is 0 Å². The van der Waals surface area contributed by atoms with Gasteiger partial charge in [0.25, 0.3) is 0 Å². The summed E-state index contributed by atoms with van der Waals surface area (Å²) in [6, 6.07) is 7.06. The number of esters is 1. The van der Waals surface area contributed by atoms with Crippen LogP contribution in [0.4, 0.5) is 4.39 Å². The quantitative estimate of drug-likeness (QED) is 0.669. The van der Waals surface area contributed by atoms with E-state index < -0.39 is 12.6 Å². The first-order valence-electron chi connectivity index (χ1n) is 4.04. The lowest BCUT2D eigenvalue weighted by molar-refractivity contribution is 0.0480. The number of aryl methyl sites for hydroxylation is 1. The molecule has 0 fully saturated rings. The topological polar surface area (TPSA) is 26.3 Å². The van der Waals surface area contributed by atoms with Crippen molar-refractivity contribution in [3.8, 4) is 0 Å². The van der Waals surface area contributed by atoms with Crippen LogP contribution in [0.5, 0.6) is 0 Å². The molecular formula is C10H11FO2. The van der Waals surface area contributed by atoms with Crippen molar-refractivity contribution in [1.82, 2.24) is 0 Å². The fourth-order valence-electron chi connectivity index (χ4n) is 1.01. The maximum Gasteiger partial charge on any atom is 0.338 e. The second-order valence-corrected chi connectivity index (χ2v) is 2.64. The molecule has 3 heteroatoms. The van der Waals surface area contributed by atoms with Gasteiger partial charge >= 0.3 is 5.97 Å². The molecule has 0 amide bonds. The molecule has 0 aliphatic heterocycles. The highest BCUT2D eigenvalue weighted by molar-refractivity contribution is 5.90. The summed E-state index contributed by atoms with van der Waals surface area (Å²) in [6.07, 6.45) is 0. The minimum Gasteiger partial charge on any atom is -0.459 e. The molecular weight excluding hydrogens is 171 g/mol. The van der Waals surface area contributed by atoms with Crippen molar-refractivity contribution in [2.75, 3.05) is 13.3 Å². The van der Waals surface area contributed by atoms with Crippen molar-refractivity contribution in [1.29, 1.82) is 0 Å². The summed E-state index contributed by atoms with van der Waals surface area (Å²) in [6.45, 7) is 0.997. The predicted molar refractivity (Wildman–Crippen MR) is 47.4 cm³/mol. The second kappa shape index (κ2) is 4.60. The van der Waals surface area contributed by atoms with Crippen LogP contribution in [0.15, 0.2) is 24.3 Å². The van der Waals surface area contributed by atoms with Gasteiger partial charge in [0.05, 0.1) is 5.56 Å². The van der Waals surface area contributed by atoms with Crippen molar-refractivity contribution in [3.63, 3.8) is 0 Å². The Bertz CT molecular complexity index is 297. The van der Waals surface area contributed by atoms with Gasteiger partial charge in [0.1, 0.15) is 13.3 Å². The van der Waals surface area contributed by atoms with E-state index in [9.17, 15) is 9.18 Å². The van der Waals surface area contributed by atoms with Gasteiger partial charge in [-0.1, -0.05) is 18.2 Å². The van der Waals surface area contributed by atoms with Crippen LogP contribution in [-0.2, 0) is 4.74 Å². The van der Waals surface area contributed by atoms with E-state index in [0.717, 1.165) is 5.56 Å². The van der Waals surface area contributed by atoms with Gasteiger partial charge in [-0.15, -0.1) is 0 Å². The third kappa shape index (κ3) is 2.54. The number of hydrogen-bond acceptors (Lipinski definition) is 2. The molecule has 1 aromatic rings. The molecule has 0 aromatic heterocycles. The summed E-state index contributed by atoms with van der Waals surface area (Å²) >= 11 is 0. The fraction of sp³-hybridized carbons (Fsp3) is 0.300. The number of benzene rings is 1. The lowest BCUT2D eigenvalue weighted by Gasteiger charge is -2.04. The summed E-state index contributed by atoms with van der Waals surface area (Å²) in [7, 11) is 0. The van der Waals surface area contributed by atoms with Crippen LogP contribution in [0.2, 0.25) is 0 Å². The predicted octanol–water partition coefficient (Wildman–Crippen LogP) is 2.12. The van der Waals surface area contributed by atoms with Gasteiger partial charge in [-0.25, -0.2) is 9.18 Å². The van der Waals surface area contributed by atoms with Crippen LogP contribution in [0.3, 0.4) is 0 Å². The molecule has 0 saturated heterocycles. The van der Waals surface area contributed by atoms with E-state index in [0.29, 0.717) is 5.56 Å². The SMILES string of the molecule is Cc1ccccc1C(=O)OCCF. The van der Waals surface area contributed by atoms with E-state index in [1.165, 1.54) is 0 Å². The standard InChI is InChI=1S/C10H11FO2/c1-8-4-2-3-5-9(8)10(12)13-7-6-11/h2-5H,6-7H2,1H3. The molecule has 0 unspecified atom stereocenters. The lowest BCUT2D eigenvalue weighted by atomic mass is 10.1. The Morgan fingerprint density at radius 1 is 1.46 bits per heavy atom. The number of rotatable bonds is 3. The molecule has 0 radical (unpaired) electrons. The molecule has 0 bridgehead atoms. The van der Waals surface area contributed by atoms with Crippen molar-refractivity contribution in [3.05, 3.63) is 35.4 Å². The summed E-state index contributed by atoms with van der Waals surface area (Å²) in [5.74, 6) is -0.462. The van der Waals surface area contributed by atoms with Crippen molar-refractivity contribution in [2.24, 2.45) is 0 Å². The van der Waals surface area contributed by atoms with E-state index in [1.54, 1.807) is 12.1 Å². The Kier molecular flexibility index (Phi) is 3.43. The van der Waals surface area contributed by atoms with Crippen molar-refractivity contribution < 1.29 is 13.9 Å². The molecule has 0 aliphatic carbocycles. The number of ether oxygens (including phenoxy) is 1. The molecule has 0 heterocycles. The van der Waals surface area contributed by atoms with Crippen LogP contribution < -0.4 is 0 Å². The Hall–Kier alpha value is -1.38. The number of carbonyl (C=O) groups is 1. The molecule has 0 spiro atoms. The minimum absolute atomic E-state index is 0.173. The number of carbonyl (C=O) groups excluding carboxylic acids is 1. The molecule has 0 atom stereocenters. The van der Waals surface area contributed by atoms with Crippen molar-refractivity contribution in [2.45, 2.75) is 6.92 Å². The molecule has 1 rings (SSSR count). The third-order valence-corrected chi connectivity index (χ3v) is 1.68. The molecule has 0 N–H and O–H groups in total. The highest BCUT2D eigenvalue weighted by Crippen LogP contribution is 2.08. The maximum absolute atomic E-state index is 11.7. The van der Waals surface area contributed by atoms with Gasteiger partial charge in [-0.2, -0.15) is 0 Å². The Labute approximate surface area is 76.3 Å².